The van der Waals surface area contributed by atoms with Gasteiger partial charge < -0.3 is 10.1 Å². The normalized spacial score (nSPS) is 10.6. The Hall–Kier alpha value is -3.55. The second-order valence-corrected chi connectivity index (χ2v) is 8.84. The molecule has 0 spiro atoms. The van der Waals surface area contributed by atoms with Crippen LogP contribution >= 0.6 is 23.4 Å². The van der Waals surface area contributed by atoms with Gasteiger partial charge in [-0.15, -0.1) is 0 Å². The fraction of sp³-hybridized carbons (Fsp3) is 0.115. The highest BCUT2D eigenvalue weighted by Gasteiger charge is 2.09. The van der Waals surface area contributed by atoms with Crippen LogP contribution in [0, 0.1) is 0 Å². The van der Waals surface area contributed by atoms with E-state index in [1.165, 1.54) is 22.5 Å². The van der Waals surface area contributed by atoms with Crippen LogP contribution in [0.2, 0.25) is 5.02 Å². The Kier molecular flexibility index (Phi) is 7.67. The van der Waals surface area contributed by atoms with E-state index >= 15 is 0 Å². The lowest BCUT2D eigenvalue weighted by atomic mass is 10.1. The molecule has 0 saturated carbocycles. The first-order valence-corrected chi connectivity index (χ1v) is 11.8. The van der Waals surface area contributed by atoms with Gasteiger partial charge in [0.1, 0.15) is 10.8 Å². The first-order chi connectivity index (χ1) is 16.5. The average Bonchev–Trinajstić information content (AvgIpc) is 2.87. The van der Waals surface area contributed by atoms with Gasteiger partial charge in [0.2, 0.25) is 0 Å². The minimum absolute atomic E-state index is 0.192. The summed E-state index contributed by atoms with van der Waals surface area (Å²) in [4.78, 5) is 25.9. The fourth-order valence-corrected chi connectivity index (χ4v) is 4.27. The Morgan fingerprint density at radius 2 is 1.74 bits per heavy atom. The molecule has 1 N–H and O–H groups in total. The van der Waals surface area contributed by atoms with Crippen LogP contribution in [0.3, 0.4) is 0 Å². The molecule has 0 saturated heterocycles. The van der Waals surface area contributed by atoms with Gasteiger partial charge in [-0.3, -0.25) is 9.59 Å². The maximum absolute atomic E-state index is 12.5. The molecule has 6 nitrogen and oxygen atoms in total. The third kappa shape index (κ3) is 5.87. The summed E-state index contributed by atoms with van der Waals surface area (Å²) in [5.41, 5.74) is 1.81. The van der Waals surface area contributed by atoms with Crippen LogP contribution in [0.5, 0.6) is 5.75 Å². The first-order valence-electron chi connectivity index (χ1n) is 10.6. The summed E-state index contributed by atoms with van der Waals surface area (Å²) < 4.78 is 6.51. The van der Waals surface area contributed by atoms with Gasteiger partial charge in [-0.25, -0.2) is 0 Å². The third-order valence-electron chi connectivity index (χ3n) is 5.07. The zero-order valence-corrected chi connectivity index (χ0v) is 20.0. The van der Waals surface area contributed by atoms with E-state index in [0.717, 1.165) is 16.2 Å². The maximum Gasteiger partial charge on any atom is 0.271 e. The third-order valence-corrected chi connectivity index (χ3v) is 6.37. The van der Waals surface area contributed by atoms with E-state index in [0.29, 0.717) is 34.3 Å². The number of benzene rings is 3. The Morgan fingerprint density at radius 1 is 1.00 bits per heavy atom. The number of rotatable bonds is 8. The molecule has 172 valence electrons. The average molecular weight is 492 g/mol. The minimum atomic E-state index is -0.254. The standard InChI is InChI=1S/C26H22ClN3O3S/c1-33-21-10-12-22(13-11-21)34-24-14-15-25(31)30(29-24)20-8-6-19(7-9-20)26(32)28-17-16-18-4-2-3-5-23(18)27/h2-15H,16-17H2,1H3,(H,28,32). The second kappa shape index (κ2) is 11.0. The van der Waals surface area contributed by atoms with Crippen molar-refractivity contribution < 1.29 is 9.53 Å². The molecule has 0 aliphatic rings. The van der Waals surface area contributed by atoms with E-state index in [2.05, 4.69) is 10.4 Å². The molecule has 4 rings (SSSR count). The van der Waals surface area contributed by atoms with Crippen LogP contribution in [-0.2, 0) is 6.42 Å². The van der Waals surface area contributed by atoms with Crippen molar-refractivity contribution >= 4 is 29.3 Å². The van der Waals surface area contributed by atoms with Gasteiger partial charge in [0.25, 0.3) is 11.5 Å². The predicted molar refractivity (Wildman–Crippen MR) is 134 cm³/mol. The molecule has 1 amide bonds. The quantitative estimate of drug-likeness (QED) is 0.374. The number of halogens is 1. The Morgan fingerprint density at radius 3 is 2.44 bits per heavy atom. The topological polar surface area (TPSA) is 73.2 Å². The lowest BCUT2D eigenvalue weighted by Gasteiger charge is -2.09. The van der Waals surface area contributed by atoms with Crippen molar-refractivity contribution in [3.8, 4) is 11.4 Å². The van der Waals surface area contributed by atoms with Gasteiger partial charge in [-0.2, -0.15) is 9.78 Å². The number of carbonyl (C=O) groups is 1. The van der Waals surface area contributed by atoms with E-state index in [9.17, 15) is 9.59 Å². The van der Waals surface area contributed by atoms with Crippen molar-refractivity contribution in [3.05, 3.63) is 111 Å². The van der Waals surface area contributed by atoms with Gasteiger partial charge in [0.15, 0.2) is 0 Å². The number of amides is 1. The summed E-state index contributed by atoms with van der Waals surface area (Å²) in [7, 11) is 1.62. The summed E-state index contributed by atoms with van der Waals surface area (Å²) in [5, 5.41) is 8.72. The summed E-state index contributed by atoms with van der Waals surface area (Å²) in [5.74, 6) is 0.581. The van der Waals surface area contributed by atoms with Gasteiger partial charge in [0.05, 0.1) is 12.8 Å². The monoisotopic (exact) mass is 491 g/mol. The zero-order valence-electron chi connectivity index (χ0n) is 18.4. The molecule has 1 aromatic heterocycles. The number of carbonyl (C=O) groups excluding carboxylic acids is 1. The van der Waals surface area contributed by atoms with Crippen LogP contribution in [0.15, 0.2) is 99.6 Å². The maximum atomic E-state index is 12.5. The van der Waals surface area contributed by atoms with Crippen LogP contribution < -0.4 is 15.6 Å². The van der Waals surface area contributed by atoms with E-state index < -0.39 is 0 Å². The van der Waals surface area contributed by atoms with E-state index in [1.807, 2.05) is 48.5 Å². The molecule has 3 aromatic carbocycles. The van der Waals surface area contributed by atoms with Crippen LogP contribution in [0.1, 0.15) is 15.9 Å². The van der Waals surface area contributed by atoms with E-state index in [4.69, 9.17) is 16.3 Å². The molecular formula is C26H22ClN3O3S. The molecule has 0 aliphatic heterocycles. The molecule has 0 fully saturated rings. The highest BCUT2D eigenvalue weighted by molar-refractivity contribution is 7.99. The molecule has 34 heavy (non-hydrogen) atoms. The van der Waals surface area contributed by atoms with Crippen LogP contribution in [-0.4, -0.2) is 29.3 Å². The molecule has 0 aliphatic carbocycles. The predicted octanol–water partition coefficient (Wildman–Crippen LogP) is 5.02. The first kappa shape index (κ1) is 23.6. The van der Waals surface area contributed by atoms with Crippen molar-refractivity contribution in [2.24, 2.45) is 0 Å². The molecule has 0 atom stereocenters. The fourth-order valence-electron chi connectivity index (χ4n) is 3.27. The van der Waals surface area contributed by atoms with Crippen molar-refractivity contribution in [1.82, 2.24) is 15.1 Å². The highest BCUT2D eigenvalue weighted by atomic mass is 35.5. The number of hydrogen-bond donors (Lipinski definition) is 1. The highest BCUT2D eigenvalue weighted by Crippen LogP contribution is 2.27. The molecular weight excluding hydrogens is 470 g/mol. The smallest absolute Gasteiger partial charge is 0.271 e. The van der Waals surface area contributed by atoms with Crippen molar-refractivity contribution in [3.63, 3.8) is 0 Å². The number of hydrogen-bond acceptors (Lipinski definition) is 5. The number of nitrogens with zero attached hydrogens (tertiary/aromatic N) is 2. The lowest BCUT2D eigenvalue weighted by Crippen LogP contribution is -2.26. The van der Waals surface area contributed by atoms with Crippen molar-refractivity contribution in [2.75, 3.05) is 13.7 Å². The van der Waals surface area contributed by atoms with Crippen LogP contribution in [0.4, 0.5) is 0 Å². The SMILES string of the molecule is COc1ccc(Sc2ccc(=O)n(-c3ccc(C(=O)NCCc4ccccc4Cl)cc3)n2)cc1. The largest absolute Gasteiger partial charge is 0.497 e. The van der Waals surface area contributed by atoms with Gasteiger partial charge in [-0.1, -0.05) is 41.6 Å². The summed E-state index contributed by atoms with van der Waals surface area (Å²) in [6.45, 7) is 0.468. The molecule has 0 radical (unpaired) electrons. The van der Waals surface area contributed by atoms with Gasteiger partial charge in [0, 0.05) is 28.1 Å². The summed E-state index contributed by atoms with van der Waals surface area (Å²) in [6, 6.07) is 25.1. The molecule has 0 unspecified atom stereocenters. The van der Waals surface area contributed by atoms with Crippen molar-refractivity contribution in [2.45, 2.75) is 16.3 Å². The number of ether oxygens (including phenoxy) is 1. The molecule has 0 bridgehead atoms. The zero-order chi connectivity index (χ0) is 23.9. The van der Waals surface area contributed by atoms with Gasteiger partial charge in [-0.05, 0) is 72.6 Å². The van der Waals surface area contributed by atoms with E-state index in [1.54, 1.807) is 37.4 Å². The molecule has 1 heterocycles. The Balaban J connectivity index is 1.42. The summed E-state index contributed by atoms with van der Waals surface area (Å²) in [6.07, 6.45) is 0.640. The van der Waals surface area contributed by atoms with E-state index in [-0.39, 0.29) is 11.5 Å². The Bertz CT molecular complexity index is 1340. The second-order valence-electron chi connectivity index (χ2n) is 7.34. The van der Waals surface area contributed by atoms with Crippen LogP contribution in [0.25, 0.3) is 5.69 Å². The lowest BCUT2D eigenvalue weighted by molar-refractivity contribution is 0.0954. The summed E-state index contributed by atoms with van der Waals surface area (Å²) >= 11 is 7.60. The van der Waals surface area contributed by atoms with Crippen molar-refractivity contribution in [1.29, 1.82) is 0 Å². The Labute approximate surface area is 206 Å². The number of methoxy groups -OCH3 is 1. The van der Waals surface area contributed by atoms with Gasteiger partial charge >= 0.3 is 0 Å². The molecule has 8 heteroatoms. The molecule has 4 aromatic rings. The number of aromatic nitrogens is 2. The number of nitrogens with one attached hydrogen (secondary N) is 1. The minimum Gasteiger partial charge on any atom is -0.497 e.